The number of aryl methyl sites for hydroxylation is 1. The van der Waals surface area contributed by atoms with Crippen molar-refractivity contribution in [3.8, 4) is 11.5 Å². The maximum Gasteiger partial charge on any atom is 0.367 e. The number of hydrogen-bond acceptors (Lipinski definition) is 2. The number of fused-ring (bicyclic) bond motifs is 1. The molecule has 0 bridgehead atoms. The molecule has 0 amide bonds. The molecule has 1 heterocycles. The molecule has 0 saturated heterocycles. The van der Waals surface area contributed by atoms with E-state index in [1.54, 1.807) is 14.2 Å². The molecular weight excluding hydrogens is 240 g/mol. The smallest absolute Gasteiger partial charge is 0.367 e. The first-order valence-electron chi connectivity index (χ1n) is 6.37. The van der Waals surface area contributed by atoms with Gasteiger partial charge in [0.05, 0.1) is 25.7 Å². The van der Waals surface area contributed by atoms with Crippen LogP contribution in [0.25, 0.3) is 11.0 Å². The van der Waals surface area contributed by atoms with E-state index in [1.807, 2.05) is 12.1 Å². The highest BCUT2D eigenvalue weighted by Crippen LogP contribution is 2.36. The van der Waals surface area contributed by atoms with E-state index in [-0.39, 0.29) is 5.41 Å². The summed E-state index contributed by atoms with van der Waals surface area (Å²) in [6.45, 7) is 8.47. The van der Waals surface area contributed by atoms with Crippen molar-refractivity contribution in [2.24, 2.45) is 0 Å². The molecule has 0 N–H and O–H groups in total. The second-order valence-electron chi connectivity index (χ2n) is 5.75. The average Bonchev–Trinajstić information content (AvgIpc) is 2.35. The van der Waals surface area contributed by atoms with Gasteiger partial charge in [0.2, 0.25) is 0 Å². The minimum atomic E-state index is -0.0325. The van der Waals surface area contributed by atoms with Crippen LogP contribution in [-0.2, 0) is 5.41 Å². The molecule has 0 unspecified atom stereocenters. The van der Waals surface area contributed by atoms with Crippen LogP contribution in [-0.4, -0.2) is 14.2 Å². The van der Waals surface area contributed by atoms with Crippen LogP contribution in [0.5, 0.6) is 11.5 Å². The Morgan fingerprint density at radius 3 is 2.21 bits per heavy atom. The fourth-order valence-corrected chi connectivity index (χ4v) is 2.10. The average molecular weight is 261 g/mol. The van der Waals surface area contributed by atoms with Gasteiger partial charge in [-0.1, -0.05) is 0 Å². The van der Waals surface area contributed by atoms with Crippen molar-refractivity contribution in [2.75, 3.05) is 14.2 Å². The predicted octanol–water partition coefficient (Wildman–Crippen LogP) is 4.34. The van der Waals surface area contributed by atoms with Crippen molar-refractivity contribution in [3.05, 3.63) is 29.5 Å². The van der Waals surface area contributed by atoms with Gasteiger partial charge in [-0.05, 0) is 33.3 Å². The highest BCUT2D eigenvalue weighted by Gasteiger charge is 2.29. The Hall–Kier alpha value is -1.77. The van der Waals surface area contributed by atoms with E-state index in [9.17, 15) is 0 Å². The molecule has 0 spiro atoms. The summed E-state index contributed by atoms with van der Waals surface area (Å²) in [5.74, 6) is 2.46. The largest absolute Gasteiger partial charge is 0.496 e. The lowest BCUT2D eigenvalue weighted by atomic mass is 9.91. The zero-order valence-electron chi connectivity index (χ0n) is 12.5. The van der Waals surface area contributed by atoms with E-state index < -0.39 is 0 Å². The molecule has 0 saturated carbocycles. The van der Waals surface area contributed by atoms with Crippen LogP contribution >= 0.6 is 0 Å². The van der Waals surface area contributed by atoms with Crippen molar-refractivity contribution in [3.63, 3.8) is 0 Å². The Bertz CT molecular complexity index is 609. The first-order valence-corrected chi connectivity index (χ1v) is 6.37. The number of methoxy groups -OCH3 is 2. The lowest BCUT2D eigenvalue weighted by Crippen LogP contribution is -2.11. The molecule has 2 aromatic rings. The van der Waals surface area contributed by atoms with Crippen molar-refractivity contribution in [1.29, 1.82) is 0 Å². The van der Waals surface area contributed by atoms with Gasteiger partial charge in [0.15, 0.2) is 0 Å². The number of benzene rings is 1. The molecule has 0 atom stereocenters. The second kappa shape index (κ2) is 4.72. The van der Waals surface area contributed by atoms with Crippen molar-refractivity contribution < 1.29 is 13.9 Å². The summed E-state index contributed by atoms with van der Waals surface area (Å²) in [6.07, 6.45) is 0. The minimum Gasteiger partial charge on any atom is -0.496 e. The van der Waals surface area contributed by atoms with E-state index in [4.69, 9.17) is 13.9 Å². The monoisotopic (exact) mass is 261 g/mol. The molecule has 1 aromatic heterocycles. The number of hydrogen-bond donors (Lipinski definition) is 0. The van der Waals surface area contributed by atoms with Gasteiger partial charge in [-0.15, -0.1) is 0 Å². The van der Waals surface area contributed by atoms with E-state index in [2.05, 4.69) is 33.8 Å². The normalized spacial score (nSPS) is 11.7. The predicted molar refractivity (Wildman–Crippen MR) is 77.2 cm³/mol. The fourth-order valence-electron chi connectivity index (χ4n) is 2.10. The van der Waals surface area contributed by atoms with Crippen molar-refractivity contribution in [2.45, 2.75) is 33.1 Å². The highest BCUT2D eigenvalue weighted by molar-refractivity contribution is 5.88. The molecule has 19 heavy (non-hydrogen) atoms. The Balaban J connectivity index is 2.80. The molecule has 0 aliphatic heterocycles. The lowest BCUT2D eigenvalue weighted by Gasteiger charge is -2.11. The summed E-state index contributed by atoms with van der Waals surface area (Å²) in [7, 11) is 3.30. The minimum absolute atomic E-state index is 0.0325. The SMILES string of the molecule is COc1cc(OC)c2c(C)cc(C(C)(C)C)[o+]c2c1. The summed E-state index contributed by atoms with van der Waals surface area (Å²) in [4.78, 5) is 0. The van der Waals surface area contributed by atoms with Gasteiger partial charge in [0.1, 0.15) is 16.9 Å². The van der Waals surface area contributed by atoms with Gasteiger partial charge in [-0.25, -0.2) is 4.42 Å². The third kappa shape index (κ3) is 2.50. The summed E-state index contributed by atoms with van der Waals surface area (Å²) in [6, 6.07) is 5.86. The van der Waals surface area contributed by atoms with Gasteiger partial charge in [0.25, 0.3) is 0 Å². The fraction of sp³-hybridized carbons (Fsp3) is 0.438. The standard InChI is InChI=1S/C16H21O3/c1-10-7-14(16(2,3)4)19-13-9-11(17-5)8-12(18-6)15(10)13/h7-9H,1-6H3/q+1. The van der Waals surface area contributed by atoms with Crippen LogP contribution in [0.2, 0.25) is 0 Å². The molecule has 3 nitrogen and oxygen atoms in total. The topological polar surface area (TPSA) is 29.8 Å². The Labute approximate surface area is 114 Å². The van der Waals surface area contributed by atoms with Gasteiger partial charge in [-0.3, -0.25) is 0 Å². The summed E-state index contributed by atoms with van der Waals surface area (Å²) in [5, 5.41) is 0.997. The van der Waals surface area contributed by atoms with E-state index in [1.165, 1.54) is 0 Å². The number of rotatable bonds is 2. The molecule has 0 radical (unpaired) electrons. The van der Waals surface area contributed by atoms with Crippen molar-refractivity contribution >= 4 is 11.0 Å². The molecule has 2 rings (SSSR count). The molecule has 102 valence electrons. The molecule has 0 fully saturated rings. The van der Waals surface area contributed by atoms with Crippen LogP contribution < -0.4 is 9.47 Å². The molecule has 3 heteroatoms. The third-order valence-electron chi connectivity index (χ3n) is 3.20. The third-order valence-corrected chi connectivity index (χ3v) is 3.20. The molecule has 1 aromatic carbocycles. The van der Waals surface area contributed by atoms with Crippen LogP contribution in [0.4, 0.5) is 0 Å². The first kappa shape index (κ1) is 13.7. The van der Waals surface area contributed by atoms with Gasteiger partial charge >= 0.3 is 11.3 Å². The maximum atomic E-state index is 6.03. The van der Waals surface area contributed by atoms with Crippen molar-refractivity contribution in [1.82, 2.24) is 0 Å². The summed E-state index contributed by atoms with van der Waals surface area (Å²) >= 11 is 0. The van der Waals surface area contributed by atoms with Crippen LogP contribution in [0.1, 0.15) is 32.1 Å². The molecular formula is C16H21O3+. The van der Waals surface area contributed by atoms with E-state index in [0.717, 1.165) is 33.8 Å². The molecule has 0 aliphatic rings. The second-order valence-corrected chi connectivity index (χ2v) is 5.75. The zero-order chi connectivity index (χ0) is 14.2. The Morgan fingerprint density at radius 2 is 1.68 bits per heavy atom. The zero-order valence-corrected chi connectivity index (χ0v) is 12.5. The first-order chi connectivity index (χ1) is 8.86. The van der Waals surface area contributed by atoms with Gasteiger partial charge < -0.3 is 9.47 Å². The van der Waals surface area contributed by atoms with Crippen LogP contribution in [0.3, 0.4) is 0 Å². The quantitative estimate of drug-likeness (QED) is 0.753. The Morgan fingerprint density at radius 1 is 1.00 bits per heavy atom. The maximum absolute atomic E-state index is 6.03. The Kier molecular flexibility index (Phi) is 3.40. The van der Waals surface area contributed by atoms with Crippen LogP contribution in [0.15, 0.2) is 22.6 Å². The van der Waals surface area contributed by atoms with Gasteiger partial charge in [0, 0.05) is 12.1 Å². The highest BCUT2D eigenvalue weighted by atomic mass is 16.5. The van der Waals surface area contributed by atoms with Gasteiger partial charge in [-0.2, -0.15) is 0 Å². The molecule has 0 aliphatic carbocycles. The van der Waals surface area contributed by atoms with E-state index in [0.29, 0.717) is 0 Å². The number of ether oxygens (including phenoxy) is 2. The van der Waals surface area contributed by atoms with Crippen LogP contribution in [0, 0.1) is 6.92 Å². The van der Waals surface area contributed by atoms with E-state index >= 15 is 0 Å². The summed E-state index contributed by atoms with van der Waals surface area (Å²) in [5.41, 5.74) is 1.90. The summed E-state index contributed by atoms with van der Waals surface area (Å²) < 4.78 is 16.8. The lowest BCUT2D eigenvalue weighted by molar-refractivity contribution is 0.391.